The number of hydrogen-bond donors (Lipinski definition) is 3. The van der Waals surface area contributed by atoms with Crippen molar-refractivity contribution < 1.29 is 27.9 Å². The zero-order valence-corrected chi connectivity index (χ0v) is 18.3. The summed E-state index contributed by atoms with van der Waals surface area (Å²) in [5.41, 5.74) is -2.60. The predicted octanol–water partition coefficient (Wildman–Crippen LogP) is 3.91. The number of alkyl halides is 3. The van der Waals surface area contributed by atoms with Crippen LogP contribution in [-0.2, 0) is 6.18 Å². The number of hydrogen-bond acceptors (Lipinski definition) is 7. The van der Waals surface area contributed by atoms with Crippen LogP contribution < -0.4 is 10.6 Å². The Hall–Kier alpha value is -4.24. The molecule has 4 rings (SSSR count). The summed E-state index contributed by atoms with van der Waals surface area (Å²) in [6.07, 6.45) is -0.947. The summed E-state index contributed by atoms with van der Waals surface area (Å²) in [5, 5.41) is 24.0. The van der Waals surface area contributed by atoms with Gasteiger partial charge in [-0.2, -0.15) is 28.5 Å². The van der Waals surface area contributed by atoms with Crippen molar-refractivity contribution in [1.29, 1.82) is 0 Å². The summed E-state index contributed by atoms with van der Waals surface area (Å²) in [7, 11) is 0. The Bertz CT molecular complexity index is 1420. The fourth-order valence-corrected chi connectivity index (χ4v) is 3.39. The molecule has 0 fully saturated rings. The number of anilines is 2. The molecule has 180 valence electrons. The van der Waals surface area contributed by atoms with Crippen molar-refractivity contribution in [3.05, 3.63) is 64.4 Å². The molecule has 0 saturated heterocycles. The molecule has 4 aromatic heterocycles. The highest BCUT2D eigenvalue weighted by Gasteiger charge is 2.41. The van der Waals surface area contributed by atoms with E-state index in [2.05, 4.69) is 30.6 Å². The lowest BCUT2D eigenvalue weighted by Gasteiger charge is -2.14. The van der Waals surface area contributed by atoms with E-state index in [1.165, 1.54) is 18.5 Å². The topological polar surface area (TPSA) is 153 Å². The average molecular weight is 528 g/mol. The zero-order chi connectivity index (χ0) is 25.3. The van der Waals surface area contributed by atoms with Gasteiger partial charge in [0.2, 0.25) is 0 Å². The molecule has 0 aliphatic rings. The van der Waals surface area contributed by atoms with Crippen molar-refractivity contribution in [3.8, 4) is 11.6 Å². The number of carbonyl (C=O) groups excluding carboxylic acids is 1. The molecule has 0 atom stereocenters. The second-order valence-corrected chi connectivity index (χ2v) is 7.33. The van der Waals surface area contributed by atoms with Gasteiger partial charge in [0.05, 0.1) is 46.7 Å². The Kier molecular flexibility index (Phi) is 6.27. The van der Waals surface area contributed by atoms with E-state index in [4.69, 9.17) is 28.3 Å². The minimum absolute atomic E-state index is 0.0133. The summed E-state index contributed by atoms with van der Waals surface area (Å²) in [5.74, 6) is -1.60. The van der Waals surface area contributed by atoms with Gasteiger partial charge in [0.15, 0.2) is 17.3 Å². The third-order valence-corrected chi connectivity index (χ3v) is 4.93. The Morgan fingerprint density at radius 3 is 2.31 bits per heavy atom. The van der Waals surface area contributed by atoms with Crippen molar-refractivity contribution in [3.63, 3.8) is 0 Å². The van der Waals surface area contributed by atoms with Crippen LogP contribution >= 0.6 is 23.2 Å². The number of rotatable bonds is 5. The molecular formula is C18H10Cl2F3N9O3. The average Bonchev–Trinajstić information content (AvgIpc) is 3.45. The lowest BCUT2D eigenvalue weighted by molar-refractivity contribution is -0.143. The maximum absolute atomic E-state index is 14.0. The van der Waals surface area contributed by atoms with Crippen LogP contribution in [0.5, 0.6) is 0 Å². The van der Waals surface area contributed by atoms with Crippen molar-refractivity contribution >= 4 is 46.6 Å². The highest BCUT2D eigenvalue weighted by molar-refractivity contribution is 6.35. The number of nitrogens with one attached hydrogen (secondary N) is 2. The molecule has 4 aromatic rings. The molecule has 0 aliphatic heterocycles. The fraction of sp³-hybridized carbons (Fsp3) is 0.0556. The van der Waals surface area contributed by atoms with E-state index in [0.717, 1.165) is 23.3 Å². The first-order valence-corrected chi connectivity index (χ1v) is 9.95. The summed E-state index contributed by atoms with van der Waals surface area (Å²) in [4.78, 5) is 32.5. The maximum Gasteiger partial charge on any atom is 0.434 e. The van der Waals surface area contributed by atoms with Crippen LogP contribution in [0.25, 0.3) is 11.6 Å². The van der Waals surface area contributed by atoms with Gasteiger partial charge >= 0.3 is 12.3 Å². The molecule has 4 heterocycles. The third kappa shape index (κ3) is 4.85. The number of halogens is 5. The van der Waals surface area contributed by atoms with Crippen LogP contribution in [0.3, 0.4) is 0 Å². The molecule has 0 spiro atoms. The number of pyridine rings is 2. The smallest absolute Gasteiger partial charge is 0.434 e. The van der Waals surface area contributed by atoms with Crippen LogP contribution in [0.1, 0.15) is 16.1 Å². The van der Waals surface area contributed by atoms with E-state index in [0.29, 0.717) is 10.9 Å². The van der Waals surface area contributed by atoms with Crippen LogP contribution in [0, 0.1) is 0 Å². The van der Waals surface area contributed by atoms with Crippen LogP contribution in [0.4, 0.5) is 29.3 Å². The van der Waals surface area contributed by atoms with Gasteiger partial charge in [-0.1, -0.05) is 23.2 Å². The standard InChI is InChI=1S/C18H10Cl2F3N9O3/c19-10-5-8(6-25-14(10)32-26-3-4-27-32)29-16(33)9-7-28-31(13(9)18(21,22)23)15-12(20)11(1-2-24-15)30-17(34)35/h1-7H,(H,24,30)(H,29,33)(H,34,35). The summed E-state index contributed by atoms with van der Waals surface area (Å²) >= 11 is 12.2. The molecule has 0 saturated carbocycles. The van der Waals surface area contributed by atoms with Gasteiger partial charge < -0.3 is 10.4 Å². The number of carbonyl (C=O) groups is 2. The molecular weight excluding hydrogens is 518 g/mol. The normalized spacial score (nSPS) is 11.3. The van der Waals surface area contributed by atoms with Gasteiger partial charge in [0.1, 0.15) is 5.02 Å². The molecule has 0 radical (unpaired) electrons. The predicted molar refractivity (Wildman–Crippen MR) is 115 cm³/mol. The van der Waals surface area contributed by atoms with Crippen molar-refractivity contribution in [2.24, 2.45) is 0 Å². The SMILES string of the molecule is O=C(O)Nc1ccnc(-n2ncc(C(=O)Nc3cnc(-n4nccn4)c(Cl)c3)c2C(F)(F)F)c1Cl. The Balaban J connectivity index is 1.70. The second-order valence-electron chi connectivity index (χ2n) is 6.54. The van der Waals surface area contributed by atoms with Gasteiger partial charge in [0, 0.05) is 6.20 Å². The third-order valence-electron chi connectivity index (χ3n) is 4.28. The monoisotopic (exact) mass is 527 g/mol. The summed E-state index contributed by atoms with van der Waals surface area (Å²) in [6, 6.07) is 2.39. The van der Waals surface area contributed by atoms with Gasteiger partial charge in [-0.05, 0) is 12.1 Å². The van der Waals surface area contributed by atoms with E-state index >= 15 is 0 Å². The van der Waals surface area contributed by atoms with E-state index in [-0.39, 0.29) is 22.2 Å². The van der Waals surface area contributed by atoms with E-state index in [1.807, 2.05) is 5.32 Å². The Labute approximate surface area is 202 Å². The van der Waals surface area contributed by atoms with Gasteiger partial charge in [-0.25, -0.2) is 19.4 Å². The number of aromatic nitrogens is 7. The van der Waals surface area contributed by atoms with E-state index < -0.39 is 40.3 Å². The van der Waals surface area contributed by atoms with E-state index in [9.17, 15) is 22.8 Å². The van der Waals surface area contributed by atoms with Gasteiger partial charge in [0.25, 0.3) is 5.91 Å². The minimum Gasteiger partial charge on any atom is -0.465 e. The molecule has 0 unspecified atom stereocenters. The molecule has 3 N–H and O–H groups in total. The minimum atomic E-state index is -5.07. The molecule has 0 bridgehead atoms. The lowest BCUT2D eigenvalue weighted by atomic mass is 10.2. The van der Waals surface area contributed by atoms with Crippen molar-refractivity contribution in [2.45, 2.75) is 6.18 Å². The second kappa shape index (κ2) is 9.19. The highest BCUT2D eigenvalue weighted by Crippen LogP contribution is 2.36. The van der Waals surface area contributed by atoms with Crippen LogP contribution in [0.2, 0.25) is 10.0 Å². The fourth-order valence-electron chi connectivity index (χ4n) is 2.91. The maximum atomic E-state index is 14.0. The molecule has 35 heavy (non-hydrogen) atoms. The summed E-state index contributed by atoms with van der Waals surface area (Å²) < 4.78 is 42.2. The molecule has 0 aromatic carbocycles. The zero-order valence-electron chi connectivity index (χ0n) is 16.8. The quantitative estimate of drug-likeness (QED) is 0.353. The van der Waals surface area contributed by atoms with Crippen LogP contribution in [-0.4, -0.2) is 51.8 Å². The highest BCUT2D eigenvalue weighted by atomic mass is 35.5. The number of nitrogens with zero attached hydrogens (tertiary/aromatic N) is 7. The summed E-state index contributed by atoms with van der Waals surface area (Å²) in [6.45, 7) is 0. The van der Waals surface area contributed by atoms with Crippen molar-refractivity contribution in [1.82, 2.24) is 34.7 Å². The largest absolute Gasteiger partial charge is 0.465 e. The Morgan fingerprint density at radius 1 is 0.971 bits per heavy atom. The first-order valence-electron chi connectivity index (χ1n) is 9.20. The molecule has 12 nitrogen and oxygen atoms in total. The van der Waals surface area contributed by atoms with E-state index in [1.54, 1.807) is 0 Å². The first-order chi connectivity index (χ1) is 16.6. The molecule has 17 heteroatoms. The van der Waals surface area contributed by atoms with Gasteiger partial charge in [-0.3, -0.25) is 10.1 Å². The number of amides is 2. The Morgan fingerprint density at radius 2 is 1.69 bits per heavy atom. The van der Waals surface area contributed by atoms with Crippen molar-refractivity contribution in [2.75, 3.05) is 10.6 Å². The lowest BCUT2D eigenvalue weighted by Crippen LogP contribution is -2.21. The molecule has 2 amide bonds. The molecule has 0 aliphatic carbocycles. The van der Waals surface area contributed by atoms with Crippen LogP contribution in [0.15, 0.2) is 43.1 Å². The van der Waals surface area contributed by atoms with Gasteiger partial charge in [-0.15, -0.1) is 4.80 Å². The number of carboxylic acid groups (broad SMARTS) is 1. The first kappa shape index (κ1) is 23.9.